The number of carbonyl (C=O) groups is 10. The third kappa shape index (κ3) is 29.3. The van der Waals surface area contributed by atoms with E-state index in [0.29, 0.717) is 59.5 Å². The maximum atomic E-state index is 12.7. The van der Waals surface area contributed by atoms with E-state index < -0.39 is 41.3 Å². The van der Waals surface area contributed by atoms with E-state index in [-0.39, 0.29) is 76.5 Å². The highest BCUT2D eigenvalue weighted by molar-refractivity contribution is 7.99. The minimum atomic E-state index is -0.617. The quantitative estimate of drug-likeness (QED) is 0.0398. The summed E-state index contributed by atoms with van der Waals surface area (Å²) < 4.78 is 28.1. The van der Waals surface area contributed by atoms with Crippen molar-refractivity contribution >= 4 is 117 Å². The van der Waals surface area contributed by atoms with Crippen LogP contribution in [0.3, 0.4) is 0 Å². The van der Waals surface area contributed by atoms with Gasteiger partial charge in [0.1, 0.15) is 59.0 Å². The van der Waals surface area contributed by atoms with E-state index in [1.165, 1.54) is 129 Å². The number of thioether (sulfide) groups is 4. The van der Waals surface area contributed by atoms with Gasteiger partial charge in [-0.2, -0.15) is 0 Å². The molecule has 5 N–H and O–H groups in total. The molecule has 580 valence electrons. The van der Waals surface area contributed by atoms with Gasteiger partial charge in [0.15, 0.2) is 20.6 Å². The van der Waals surface area contributed by atoms with Crippen LogP contribution in [0.5, 0.6) is 0 Å². The van der Waals surface area contributed by atoms with Gasteiger partial charge in [-0.1, -0.05) is 47.0 Å². The van der Waals surface area contributed by atoms with Crippen molar-refractivity contribution in [1.29, 1.82) is 0 Å². The van der Waals surface area contributed by atoms with E-state index in [2.05, 4.69) is 81.2 Å². The fourth-order valence-electron chi connectivity index (χ4n) is 10.6. The van der Waals surface area contributed by atoms with Crippen molar-refractivity contribution in [2.75, 3.05) is 135 Å². The van der Waals surface area contributed by atoms with Gasteiger partial charge in [0, 0.05) is 92.2 Å². The van der Waals surface area contributed by atoms with Crippen LogP contribution in [0.4, 0.5) is 0 Å². The molecule has 6 atom stereocenters. The Morgan fingerprint density at radius 2 is 0.733 bits per heavy atom. The number of hydrogen-bond acceptors (Lipinski definition) is 37. The molecule has 0 radical (unpaired) electrons. The predicted octanol–water partition coefficient (Wildman–Crippen LogP) is 2.64. The molecule has 6 aliphatic heterocycles. The topological polar surface area (TPSA) is 412 Å². The lowest BCUT2D eigenvalue weighted by atomic mass is 10.1. The van der Waals surface area contributed by atoms with Crippen LogP contribution in [0.1, 0.15) is 119 Å². The molecule has 10 rings (SSSR count). The van der Waals surface area contributed by atoms with Crippen LogP contribution in [-0.4, -0.2) is 305 Å². The normalized spacial score (nSPS) is 20.4. The van der Waals surface area contributed by atoms with Crippen LogP contribution in [0.25, 0.3) is 0 Å². The molecule has 10 heterocycles. The van der Waals surface area contributed by atoms with Gasteiger partial charge in [0.25, 0.3) is 23.0 Å². The molecule has 105 heavy (non-hydrogen) atoms. The van der Waals surface area contributed by atoms with Crippen molar-refractivity contribution in [1.82, 2.24) is 102 Å². The lowest BCUT2D eigenvalue weighted by Gasteiger charge is -2.40. The number of methoxy groups -OCH3 is 6. The van der Waals surface area contributed by atoms with Crippen molar-refractivity contribution in [3.05, 3.63) is 71.8 Å². The van der Waals surface area contributed by atoms with Crippen LogP contribution >= 0.6 is 58.6 Å². The summed E-state index contributed by atoms with van der Waals surface area (Å²) in [6, 6.07) is 3.87. The van der Waals surface area contributed by atoms with Crippen LogP contribution in [-0.2, 0) is 57.2 Å². The summed E-state index contributed by atoms with van der Waals surface area (Å²) in [5.41, 5.74) is 15.8. The number of hydrogen-bond donors (Lipinski definition) is 5. The Labute approximate surface area is 633 Å². The number of esters is 6. The van der Waals surface area contributed by atoms with Crippen LogP contribution < -0.4 is 27.1 Å². The number of nitrogens with one attached hydrogen (secondary N) is 5. The fraction of sp³-hybridized carbons (Fsp3) is 0.594. The minimum absolute atomic E-state index is 0.140. The van der Waals surface area contributed by atoms with E-state index in [4.69, 9.17) is 25.8 Å². The second-order valence-electron chi connectivity index (χ2n) is 23.0. The number of aromatic nitrogens is 8. The van der Waals surface area contributed by atoms with Gasteiger partial charge in [0.2, 0.25) is 0 Å². The molecule has 0 spiro atoms. The molecular weight excluding hydrogens is 1470 g/mol. The van der Waals surface area contributed by atoms with Crippen LogP contribution in [0.2, 0.25) is 0 Å². The maximum Gasteiger partial charge on any atom is 0.330 e. The Morgan fingerprint density at radius 1 is 0.410 bits per heavy atom. The minimum Gasteiger partial charge on any atom is -0.468 e. The molecule has 0 aliphatic carbocycles. The zero-order valence-corrected chi connectivity index (χ0v) is 65.6. The van der Waals surface area contributed by atoms with Crippen molar-refractivity contribution in [2.45, 2.75) is 134 Å². The highest BCUT2D eigenvalue weighted by Crippen LogP contribution is 2.24. The molecule has 6 aliphatic rings. The highest BCUT2D eigenvalue weighted by atomic mass is 35.5. The van der Waals surface area contributed by atoms with Gasteiger partial charge in [-0.15, -0.1) is 0 Å². The van der Waals surface area contributed by atoms with E-state index in [0.717, 1.165) is 77.4 Å². The zero-order valence-electron chi connectivity index (χ0n) is 61.6. The Bertz CT molecular complexity index is 3330. The first-order chi connectivity index (χ1) is 50.4. The summed E-state index contributed by atoms with van der Waals surface area (Å²) in [5, 5.41) is 13.1. The average molecular weight is 1570 g/mol. The summed E-state index contributed by atoms with van der Waals surface area (Å²) in [6.45, 7) is 4.97. The molecule has 0 unspecified atom stereocenters. The smallest absolute Gasteiger partial charge is 0.330 e. The van der Waals surface area contributed by atoms with E-state index in [9.17, 15) is 47.9 Å². The molecule has 4 aromatic rings. The number of amides is 3. The maximum absolute atomic E-state index is 12.7. The predicted molar refractivity (Wildman–Crippen MR) is 390 cm³/mol. The molecule has 0 bridgehead atoms. The standard InChI is InChI=1S/2C13H18N4O3S.C12H16N4O3S.2C7H14N2O2.C6H5ClN2OS.C6H12N2O2/c2*1-16-8-4-5-10(12(19)20-2)17(16)11(18)9-6-7-14-13(15-9)21-3;1-19-11(18)9-4-3-6-14-16(9)10(17)8-5-7-13-12(15-8)20-2;2*1-9-5-3-4-6(8-9)7(10)11-2;1-11-6-8-3-2-4(9-6)5(7)10;1-10-6(9)5-3-2-4-7-8-5/h2*6-7,10H,4-5,8H2,1-3H3;5,7,9,14H,3-4,6H2,1-2H3;2*6,8H,3-5H2,1-2H3;2-3H,1H3;5,7-8H,2-4H2,1H3/t2*10-;9-;2*6-;;5-/m00000.0/s1. The monoisotopic (exact) mass is 1560 g/mol. The second kappa shape index (κ2) is 48.7. The molecule has 6 fully saturated rings. The van der Waals surface area contributed by atoms with Crippen molar-refractivity contribution in [3.63, 3.8) is 0 Å². The van der Waals surface area contributed by atoms with Gasteiger partial charge in [-0.3, -0.25) is 54.0 Å². The molecule has 4 aromatic heterocycles. The summed E-state index contributed by atoms with van der Waals surface area (Å²) in [7, 11) is 15.6. The summed E-state index contributed by atoms with van der Waals surface area (Å²) >= 11 is 10.6. The first kappa shape index (κ1) is 89.9. The number of carbonyl (C=O) groups excluding carboxylic acids is 10. The number of nitrogens with zero attached hydrogens (tertiary/aromatic N) is 15. The molecule has 6 saturated heterocycles. The van der Waals surface area contributed by atoms with E-state index >= 15 is 0 Å². The van der Waals surface area contributed by atoms with Crippen molar-refractivity contribution in [3.8, 4) is 0 Å². The summed E-state index contributed by atoms with van der Waals surface area (Å²) in [6.07, 6.45) is 23.4. The number of ether oxygens (including phenoxy) is 6. The average Bonchev–Trinajstić information content (AvgIpc) is 0.827. The fourth-order valence-corrected chi connectivity index (χ4v) is 12.1. The molecule has 0 saturated carbocycles. The van der Waals surface area contributed by atoms with Gasteiger partial charge >= 0.3 is 35.8 Å². The van der Waals surface area contributed by atoms with Gasteiger partial charge in [-0.25, -0.2) is 96.0 Å². The number of hydrazine groups is 6. The van der Waals surface area contributed by atoms with Gasteiger partial charge in [0.05, 0.1) is 42.7 Å². The summed E-state index contributed by atoms with van der Waals surface area (Å²) in [5.74, 6) is -2.75. The van der Waals surface area contributed by atoms with Crippen molar-refractivity contribution in [2.24, 2.45) is 0 Å². The van der Waals surface area contributed by atoms with E-state index in [1.54, 1.807) is 48.6 Å². The van der Waals surface area contributed by atoms with E-state index in [1.807, 2.05) is 49.1 Å². The Hall–Kier alpha value is -7.45. The molecular formula is C64H97ClN20O16S4. The Balaban J connectivity index is 0.000000265. The SMILES string of the molecule is COC(=O)[C@@H]1CCCN(C)N1.COC(=O)[C@@H]1CCCN(C)N1.COC(=O)[C@@H]1CCCN(C)N1C(=O)c1ccnc(SC)n1.COC(=O)[C@@H]1CCCN(C)N1C(=O)c1ccnc(SC)n1.COC(=O)[C@@H]1CCCNN1.COC(=O)[C@@H]1CCCNN1C(=O)c1ccnc(SC)n1.CSc1nccc(C(=O)Cl)n1. The highest BCUT2D eigenvalue weighted by Gasteiger charge is 2.40. The zero-order chi connectivity index (χ0) is 77.5. The lowest BCUT2D eigenvalue weighted by Crippen LogP contribution is -2.57. The van der Waals surface area contributed by atoms with Crippen LogP contribution in [0, 0.1) is 0 Å². The third-order valence-electron chi connectivity index (χ3n) is 15.9. The molecule has 36 nitrogen and oxygen atoms in total. The number of rotatable bonds is 14. The Kier molecular flexibility index (Phi) is 41.7. The van der Waals surface area contributed by atoms with Gasteiger partial charge in [-0.05, 0) is 138 Å². The third-order valence-corrected chi connectivity index (χ3v) is 18.4. The molecule has 41 heteroatoms. The molecule has 0 aromatic carbocycles. The van der Waals surface area contributed by atoms with Gasteiger partial charge < -0.3 is 28.4 Å². The van der Waals surface area contributed by atoms with Crippen molar-refractivity contribution < 1.29 is 76.4 Å². The molecule has 3 amide bonds. The largest absolute Gasteiger partial charge is 0.468 e. The summed E-state index contributed by atoms with van der Waals surface area (Å²) in [4.78, 5) is 149. The first-order valence-electron chi connectivity index (χ1n) is 33.1. The van der Waals surface area contributed by atoms with Crippen LogP contribution in [0.15, 0.2) is 69.7 Å². The number of halogens is 1. The lowest BCUT2D eigenvalue weighted by molar-refractivity contribution is -0.156. The Morgan fingerprint density at radius 3 is 1.09 bits per heavy atom. The first-order valence-corrected chi connectivity index (χ1v) is 38.4. The second-order valence-corrected chi connectivity index (χ2v) is 26.4.